The second-order valence-corrected chi connectivity index (χ2v) is 10.8. The number of hydrogen-bond acceptors (Lipinski definition) is 10. The van der Waals surface area contributed by atoms with E-state index < -0.39 is 77.4 Å². The SMILES string of the molecule is CC(C)C(=O)C1(O)Cc2c(O)c3c(c(O)c2C(OC2CC(N)C(O)C(C)O2)C1)C(=O)c1ccccc1C3=O.Cl. The van der Waals surface area contributed by atoms with Crippen molar-refractivity contribution in [1.82, 2.24) is 0 Å². The molecular weight excluding hydrogens is 530 g/mol. The topological polar surface area (TPSA) is 177 Å². The van der Waals surface area contributed by atoms with Gasteiger partial charge in [-0.15, -0.1) is 12.4 Å². The van der Waals surface area contributed by atoms with Gasteiger partial charge in [0.15, 0.2) is 23.6 Å². The molecule has 6 unspecified atom stereocenters. The van der Waals surface area contributed by atoms with Crippen molar-refractivity contribution in [2.24, 2.45) is 11.7 Å². The maximum absolute atomic E-state index is 13.4. The summed E-state index contributed by atoms with van der Waals surface area (Å²) in [6.45, 7) is 4.87. The average Bonchev–Trinajstić information content (AvgIpc) is 2.87. The summed E-state index contributed by atoms with van der Waals surface area (Å²) in [5, 5.41) is 44.5. The molecule has 1 fully saturated rings. The lowest BCUT2D eigenvalue weighted by Gasteiger charge is -2.42. The second-order valence-electron chi connectivity index (χ2n) is 10.8. The number of carbonyl (C=O) groups is 3. The van der Waals surface area contributed by atoms with E-state index in [1.54, 1.807) is 32.9 Å². The predicted molar refractivity (Wildman–Crippen MR) is 140 cm³/mol. The molecule has 6 atom stereocenters. The number of aliphatic hydroxyl groups excluding tert-OH is 1. The van der Waals surface area contributed by atoms with Crippen LogP contribution in [0, 0.1) is 5.92 Å². The van der Waals surface area contributed by atoms with Gasteiger partial charge in [-0.05, 0) is 6.92 Å². The third-order valence-corrected chi connectivity index (χ3v) is 7.82. The van der Waals surface area contributed by atoms with E-state index in [2.05, 4.69) is 0 Å². The van der Waals surface area contributed by atoms with Crippen molar-refractivity contribution in [2.45, 2.75) is 76.3 Å². The van der Waals surface area contributed by atoms with Crippen molar-refractivity contribution in [3.63, 3.8) is 0 Å². The first-order valence-corrected chi connectivity index (χ1v) is 12.7. The van der Waals surface area contributed by atoms with Crippen LogP contribution in [0.25, 0.3) is 0 Å². The smallest absolute Gasteiger partial charge is 0.198 e. The Kier molecular flexibility index (Phi) is 7.67. The average molecular weight is 562 g/mol. The molecule has 2 aromatic rings. The van der Waals surface area contributed by atoms with Gasteiger partial charge in [0.2, 0.25) is 0 Å². The Morgan fingerprint density at radius 2 is 1.67 bits per heavy atom. The molecule has 6 N–H and O–H groups in total. The normalized spacial score (nSPS) is 29.8. The van der Waals surface area contributed by atoms with Crippen LogP contribution in [0.5, 0.6) is 11.5 Å². The minimum absolute atomic E-state index is 0. The first kappa shape index (κ1) is 29.1. The first-order valence-electron chi connectivity index (χ1n) is 12.7. The minimum atomic E-state index is -1.99. The number of rotatable bonds is 4. The van der Waals surface area contributed by atoms with E-state index in [-0.39, 0.29) is 58.6 Å². The summed E-state index contributed by atoms with van der Waals surface area (Å²) in [6.07, 6.45) is -4.40. The molecule has 0 bridgehead atoms. The van der Waals surface area contributed by atoms with E-state index in [9.17, 15) is 34.8 Å². The van der Waals surface area contributed by atoms with Crippen LogP contribution in [0.2, 0.25) is 0 Å². The standard InChI is InChI=1S/C28H31NO9.ClH/c1-11(2)27(35)28(36)9-15-19(17(10-28)38-18-8-16(29)22(30)12(3)37-18)26(34)21-20(25(15)33)23(31)13-6-4-5-7-14(13)24(21)32;/h4-7,11-12,16-18,22,30,33-34,36H,8-10,29H2,1-3H3;1H. The highest BCUT2D eigenvalue weighted by atomic mass is 35.5. The van der Waals surface area contributed by atoms with E-state index in [1.807, 2.05) is 0 Å². The van der Waals surface area contributed by atoms with Crippen molar-refractivity contribution < 1.29 is 44.3 Å². The van der Waals surface area contributed by atoms with Crippen LogP contribution in [-0.2, 0) is 20.7 Å². The fourth-order valence-electron chi connectivity index (χ4n) is 5.88. The monoisotopic (exact) mass is 561 g/mol. The lowest BCUT2D eigenvalue weighted by molar-refractivity contribution is -0.247. The van der Waals surface area contributed by atoms with Gasteiger partial charge in [0.1, 0.15) is 17.1 Å². The molecule has 0 spiro atoms. The number of ether oxygens (including phenoxy) is 2. The number of fused-ring (bicyclic) bond motifs is 3. The van der Waals surface area contributed by atoms with Crippen LogP contribution < -0.4 is 5.73 Å². The number of halogens is 1. The number of phenolic OH excluding ortho intramolecular Hbond substituents is 2. The van der Waals surface area contributed by atoms with Gasteiger partial charge in [-0.2, -0.15) is 0 Å². The molecule has 0 amide bonds. The maximum atomic E-state index is 13.4. The number of aromatic hydroxyl groups is 2. The fraction of sp³-hybridized carbons (Fsp3) is 0.464. The molecule has 1 saturated heterocycles. The Bertz CT molecular complexity index is 1350. The van der Waals surface area contributed by atoms with E-state index in [4.69, 9.17) is 15.2 Å². The van der Waals surface area contributed by atoms with E-state index in [1.165, 1.54) is 12.1 Å². The Morgan fingerprint density at radius 3 is 2.21 bits per heavy atom. The summed E-state index contributed by atoms with van der Waals surface area (Å²) in [7, 11) is 0. The zero-order valence-electron chi connectivity index (χ0n) is 21.7. The highest BCUT2D eigenvalue weighted by Gasteiger charge is 2.50. The number of ketones is 3. The number of benzene rings is 2. The Labute approximate surface area is 231 Å². The summed E-state index contributed by atoms with van der Waals surface area (Å²) in [6, 6.07) is 5.42. The van der Waals surface area contributed by atoms with E-state index >= 15 is 0 Å². The summed E-state index contributed by atoms with van der Waals surface area (Å²) in [4.78, 5) is 39.9. The Hall–Kier alpha value is -2.86. The molecule has 11 heteroatoms. The van der Waals surface area contributed by atoms with E-state index in [0.29, 0.717) is 0 Å². The molecule has 0 radical (unpaired) electrons. The number of phenols is 2. The zero-order valence-corrected chi connectivity index (χ0v) is 22.5. The van der Waals surface area contributed by atoms with Gasteiger partial charge in [0.05, 0.1) is 29.4 Å². The Morgan fingerprint density at radius 1 is 1.10 bits per heavy atom. The van der Waals surface area contributed by atoms with Crippen molar-refractivity contribution in [3.8, 4) is 11.5 Å². The number of aliphatic hydroxyl groups is 2. The molecule has 210 valence electrons. The number of carbonyl (C=O) groups excluding carboxylic acids is 3. The lowest BCUT2D eigenvalue weighted by atomic mass is 9.70. The van der Waals surface area contributed by atoms with Crippen LogP contribution in [0.4, 0.5) is 0 Å². The van der Waals surface area contributed by atoms with Gasteiger partial charge in [-0.25, -0.2) is 0 Å². The third-order valence-electron chi connectivity index (χ3n) is 7.82. The van der Waals surface area contributed by atoms with Gasteiger partial charge in [-0.3, -0.25) is 14.4 Å². The van der Waals surface area contributed by atoms with Gasteiger partial charge in [0, 0.05) is 53.5 Å². The summed E-state index contributed by atoms with van der Waals surface area (Å²) in [5.74, 6) is -3.52. The minimum Gasteiger partial charge on any atom is -0.507 e. The maximum Gasteiger partial charge on any atom is 0.198 e. The highest BCUT2D eigenvalue weighted by molar-refractivity contribution is 6.30. The Balaban J connectivity index is 0.00000353. The third kappa shape index (κ3) is 4.55. The molecule has 5 rings (SSSR count). The lowest BCUT2D eigenvalue weighted by Crippen LogP contribution is -2.53. The summed E-state index contributed by atoms with van der Waals surface area (Å²) >= 11 is 0. The molecule has 2 aliphatic carbocycles. The molecule has 1 heterocycles. The number of nitrogens with two attached hydrogens (primary N) is 1. The molecule has 0 saturated carbocycles. The quantitative estimate of drug-likeness (QED) is 0.296. The van der Waals surface area contributed by atoms with Crippen LogP contribution in [0.15, 0.2) is 24.3 Å². The van der Waals surface area contributed by atoms with Crippen molar-refractivity contribution in [1.29, 1.82) is 0 Å². The second kappa shape index (κ2) is 10.3. The number of hydrogen-bond donors (Lipinski definition) is 5. The van der Waals surface area contributed by atoms with Crippen molar-refractivity contribution in [3.05, 3.63) is 57.6 Å². The molecule has 3 aliphatic rings. The predicted octanol–water partition coefficient (Wildman–Crippen LogP) is 2.08. The molecule has 39 heavy (non-hydrogen) atoms. The summed E-state index contributed by atoms with van der Waals surface area (Å²) in [5.41, 5.74) is 3.42. The zero-order chi connectivity index (χ0) is 27.7. The van der Waals surface area contributed by atoms with E-state index in [0.717, 1.165) is 0 Å². The van der Waals surface area contributed by atoms with Gasteiger partial charge < -0.3 is 35.6 Å². The van der Waals surface area contributed by atoms with Crippen LogP contribution in [0.1, 0.15) is 82.7 Å². The molecule has 10 nitrogen and oxygen atoms in total. The molecule has 2 aromatic carbocycles. The van der Waals surface area contributed by atoms with Crippen LogP contribution in [-0.4, -0.2) is 67.9 Å². The van der Waals surface area contributed by atoms with Crippen molar-refractivity contribution in [2.75, 3.05) is 0 Å². The summed E-state index contributed by atoms with van der Waals surface area (Å²) < 4.78 is 11.9. The van der Waals surface area contributed by atoms with Gasteiger partial charge in [-0.1, -0.05) is 38.1 Å². The highest BCUT2D eigenvalue weighted by Crippen LogP contribution is 2.52. The van der Waals surface area contributed by atoms with Crippen LogP contribution >= 0.6 is 12.4 Å². The number of Topliss-reactive ketones (excluding diaryl/α,β-unsaturated/α-hetero) is 1. The first-order chi connectivity index (χ1) is 17.9. The molecule has 0 aromatic heterocycles. The van der Waals surface area contributed by atoms with Crippen molar-refractivity contribution >= 4 is 29.8 Å². The fourth-order valence-corrected chi connectivity index (χ4v) is 5.88. The largest absolute Gasteiger partial charge is 0.507 e. The van der Waals surface area contributed by atoms with Gasteiger partial charge in [0.25, 0.3) is 0 Å². The molecular formula is C28H32ClNO9. The van der Waals surface area contributed by atoms with Crippen LogP contribution in [0.3, 0.4) is 0 Å². The van der Waals surface area contributed by atoms with Gasteiger partial charge >= 0.3 is 0 Å². The molecule has 1 aliphatic heterocycles.